The lowest BCUT2D eigenvalue weighted by molar-refractivity contribution is -0.132. The van der Waals surface area contributed by atoms with Gasteiger partial charge < -0.3 is 9.64 Å². The van der Waals surface area contributed by atoms with Crippen LogP contribution in [0.3, 0.4) is 0 Å². The molecule has 0 saturated carbocycles. The first-order valence-corrected chi connectivity index (χ1v) is 11.3. The maximum atomic E-state index is 12.7. The Morgan fingerprint density at radius 2 is 1.45 bits per heavy atom. The average molecular weight is 417 g/mol. The highest BCUT2D eigenvalue weighted by molar-refractivity contribution is 7.89. The number of rotatable bonds is 7. The fourth-order valence-electron chi connectivity index (χ4n) is 3.24. The molecule has 6 nitrogen and oxygen atoms in total. The standard InChI is InChI=1S/C22H28N2O4S/c1-18-5-9-20(10-6-18)28-17-3-4-22(25)23-13-15-24(16-14-23)29(26,27)21-11-7-19(2)8-12-21/h5-12H,3-4,13-17H2,1-2H3. The predicted molar refractivity (Wildman–Crippen MR) is 112 cm³/mol. The van der Waals surface area contributed by atoms with Crippen molar-refractivity contribution in [2.75, 3.05) is 32.8 Å². The van der Waals surface area contributed by atoms with Crippen molar-refractivity contribution in [2.24, 2.45) is 0 Å². The van der Waals surface area contributed by atoms with Gasteiger partial charge in [0.25, 0.3) is 0 Å². The lowest BCUT2D eigenvalue weighted by atomic mass is 10.2. The van der Waals surface area contributed by atoms with Crippen molar-refractivity contribution < 1.29 is 17.9 Å². The second-order valence-corrected chi connectivity index (χ2v) is 9.30. The Kier molecular flexibility index (Phi) is 6.92. The molecule has 1 aliphatic rings. The molecule has 2 aromatic rings. The quantitative estimate of drug-likeness (QED) is 0.651. The van der Waals surface area contributed by atoms with Crippen LogP contribution < -0.4 is 4.74 Å². The number of carbonyl (C=O) groups is 1. The predicted octanol–water partition coefficient (Wildman–Crippen LogP) is 3.00. The van der Waals surface area contributed by atoms with Gasteiger partial charge in [-0.1, -0.05) is 35.4 Å². The van der Waals surface area contributed by atoms with E-state index in [4.69, 9.17) is 4.74 Å². The maximum absolute atomic E-state index is 12.7. The molecule has 0 spiro atoms. The molecular formula is C22H28N2O4S. The molecule has 2 aromatic carbocycles. The first-order chi connectivity index (χ1) is 13.9. The van der Waals surface area contributed by atoms with E-state index >= 15 is 0 Å². The third-order valence-electron chi connectivity index (χ3n) is 5.07. The Labute approximate surface area is 173 Å². The van der Waals surface area contributed by atoms with E-state index in [1.807, 2.05) is 38.1 Å². The van der Waals surface area contributed by atoms with Crippen LogP contribution in [0, 0.1) is 13.8 Å². The van der Waals surface area contributed by atoms with Crippen LogP contribution in [0.2, 0.25) is 0 Å². The minimum absolute atomic E-state index is 0.0462. The Morgan fingerprint density at radius 1 is 0.897 bits per heavy atom. The summed E-state index contributed by atoms with van der Waals surface area (Å²) in [5.74, 6) is 0.850. The molecule has 7 heteroatoms. The van der Waals surface area contributed by atoms with Crippen LogP contribution >= 0.6 is 0 Å². The van der Waals surface area contributed by atoms with Gasteiger partial charge in [-0.2, -0.15) is 4.31 Å². The van der Waals surface area contributed by atoms with Crippen molar-refractivity contribution in [2.45, 2.75) is 31.6 Å². The highest BCUT2D eigenvalue weighted by atomic mass is 32.2. The van der Waals surface area contributed by atoms with Crippen LogP contribution in [-0.4, -0.2) is 56.3 Å². The molecule has 0 N–H and O–H groups in total. The number of ether oxygens (including phenoxy) is 1. The van der Waals surface area contributed by atoms with Crippen molar-refractivity contribution >= 4 is 15.9 Å². The number of piperazine rings is 1. The van der Waals surface area contributed by atoms with Crippen LogP contribution in [0.25, 0.3) is 0 Å². The van der Waals surface area contributed by atoms with E-state index in [1.54, 1.807) is 29.2 Å². The summed E-state index contributed by atoms with van der Waals surface area (Å²) in [6.45, 7) is 5.91. The molecule has 0 aliphatic carbocycles. The summed E-state index contributed by atoms with van der Waals surface area (Å²) in [5, 5.41) is 0. The Morgan fingerprint density at radius 3 is 2.03 bits per heavy atom. The third-order valence-corrected chi connectivity index (χ3v) is 6.99. The Hall–Kier alpha value is -2.38. The summed E-state index contributed by atoms with van der Waals surface area (Å²) in [5.41, 5.74) is 2.20. The van der Waals surface area contributed by atoms with Crippen molar-refractivity contribution in [1.29, 1.82) is 0 Å². The molecule has 3 rings (SSSR count). The van der Waals surface area contributed by atoms with E-state index < -0.39 is 10.0 Å². The van der Waals surface area contributed by atoms with Crippen molar-refractivity contribution in [1.82, 2.24) is 9.21 Å². The molecule has 1 amide bonds. The number of carbonyl (C=O) groups excluding carboxylic acids is 1. The summed E-state index contributed by atoms with van der Waals surface area (Å²) in [6.07, 6.45) is 1.03. The fourth-order valence-corrected chi connectivity index (χ4v) is 4.67. The van der Waals surface area contributed by atoms with Gasteiger partial charge in [0.05, 0.1) is 11.5 Å². The highest BCUT2D eigenvalue weighted by Gasteiger charge is 2.29. The van der Waals surface area contributed by atoms with Gasteiger partial charge in [-0.05, 0) is 44.5 Å². The van der Waals surface area contributed by atoms with Gasteiger partial charge in [0.1, 0.15) is 5.75 Å². The molecule has 0 aromatic heterocycles. The van der Waals surface area contributed by atoms with E-state index in [0.29, 0.717) is 50.5 Å². The molecule has 1 heterocycles. The van der Waals surface area contributed by atoms with E-state index in [0.717, 1.165) is 11.3 Å². The molecule has 0 atom stereocenters. The van der Waals surface area contributed by atoms with E-state index in [2.05, 4.69) is 0 Å². The largest absolute Gasteiger partial charge is 0.494 e. The number of hydrogen-bond donors (Lipinski definition) is 0. The zero-order valence-corrected chi connectivity index (χ0v) is 17.8. The minimum atomic E-state index is -3.51. The SMILES string of the molecule is Cc1ccc(OCCCC(=O)N2CCN(S(=O)(=O)c3ccc(C)cc3)CC2)cc1. The normalized spacial score (nSPS) is 15.3. The average Bonchev–Trinajstić information content (AvgIpc) is 2.73. The monoisotopic (exact) mass is 416 g/mol. The zero-order valence-electron chi connectivity index (χ0n) is 17.0. The molecule has 1 saturated heterocycles. The molecule has 29 heavy (non-hydrogen) atoms. The maximum Gasteiger partial charge on any atom is 0.243 e. The summed E-state index contributed by atoms with van der Waals surface area (Å²) in [4.78, 5) is 14.5. The van der Waals surface area contributed by atoms with Gasteiger partial charge in [0, 0.05) is 32.6 Å². The number of nitrogens with zero attached hydrogens (tertiary/aromatic N) is 2. The first kappa shape index (κ1) is 21.3. The Balaban J connectivity index is 1.43. The molecule has 156 valence electrons. The van der Waals surface area contributed by atoms with Crippen LogP contribution in [0.5, 0.6) is 5.75 Å². The second-order valence-electron chi connectivity index (χ2n) is 7.36. The summed E-state index contributed by atoms with van der Waals surface area (Å²) in [6, 6.07) is 14.7. The first-order valence-electron chi connectivity index (χ1n) is 9.90. The number of sulfonamides is 1. The van der Waals surface area contributed by atoms with Crippen molar-refractivity contribution in [3.8, 4) is 5.75 Å². The molecule has 0 radical (unpaired) electrons. The van der Waals surface area contributed by atoms with Gasteiger partial charge in [0.15, 0.2) is 0 Å². The summed E-state index contributed by atoms with van der Waals surface area (Å²) < 4.78 is 32.6. The lowest BCUT2D eigenvalue weighted by Gasteiger charge is -2.34. The molecule has 1 fully saturated rings. The topological polar surface area (TPSA) is 66.9 Å². The van der Waals surface area contributed by atoms with Gasteiger partial charge in [-0.25, -0.2) is 8.42 Å². The van der Waals surface area contributed by atoms with Gasteiger partial charge in [0.2, 0.25) is 15.9 Å². The van der Waals surface area contributed by atoms with Crippen LogP contribution in [0.15, 0.2) is 53.4 Å². The van der Waals surface area contributed by atoms with Crippen LogP contribution in [0.4, 0.5) is 0 Å². The number of amides is 1. The Bertz CT molecular complexity index is 916. The van der Waals surface area contributed by atoms with E-state index in [-0.39, 0.29) is 5.91 Å². The van der Waals surface area contributed by atoms with E-state index in [1.165, 1.54) is 9.87 Å². The number of aryl methyl sites for hydroxylation is 2. The third kappa shape index (κ3) is 5.58. The molecule has 0 bridgehead atoms. The van der Waals surface area contributed by atoms with Crippen molar-refractivity contribution in [3.05, 3.63) is 59.7 Å². The number of hydrogen-bond acceptors (Lipinski definition) is 4. The number of benzene rings is 2. The molecular weight excluding hydrogens is 388 g/mol. The van der Waals surface area contributed by atoms with Gasteiger partial charge >= 0.3 is 0 Å². The summed E-state index contributed by atoms with van der Waals surface area (Å²) >= 11 is 0. The van der Waals surface area contributed by atoms with Crippen molar-refractivity contribution in [3.63, 3.8) is 0 Å². The lowest BCUT2D eigenvalue weighted by Crippen LogP contribution is -2.50. The molecule has 1 aliphatic heterocycles. The van der Waals surface area contributed by atoms with Crippen LogP contribution in [0.1, 0.15) is 24.0 Å². The second kappa shape index (κ2) is 9.41. The molecule has 0 unspecified atom stereocenters. The minimum Gasteiger partial charge on any atom is -0.494 e. The van der Waals surface area contributed by atoms with Gasteiger partial charge in [-0.15, -0.1) is 0 Å². The van der Waals surface area contributed by atoms with E-state index in [9.17, 15) is 13.2 Å². The van der Waals surface area contributed by atoms with Gasteiger partial charge in [-0.3, -0.25) is 4.79 Å². The van der Waals surface area contributed by atoms with Crippen LogP contribution in [-0.2, 0) is 14.8 Å². The smallest absolute Gasteiger partial charge is 0.243 e. The fraction of sp³-hybridized carbons (Fsp3) is 0.409. The summed E-state index contributed by atoms with van der Waals surface area (Å²) in [7, 11) is -3.51. The highest BCUT2D eigenvalue weighted by Crippen LogP contribution is 2.19. The zero-order chi connectivity index (χ0) is 20.9.